The lowest BCUT2D eigenvalue weighted by Crippen LogP contribution is -2.49. The van der Waals surface area contributed by atoms with Gasteiger partial charge in [0.1, 0.15) is 5.69 Å². The van der Waals surface area contributed by atoms with Crippen molar-refractivity contribution < 1.29 is 27.6 Å². The van der Waals surface area contributed by atoms with Crippen LogP contribution < -0.4 is 4.90 Å². The normalized spacial score (nSPS) is 15.2. The van der Waals surface area contributed by atoms with Crippen molar-refractivity contribution in [1.29, 1.82) is 0 Å². The first kappa shape index (κ1) is 19.1. The standard InChI is InChI=1S/C14H15ClF3N3O4/c1-2-25-13(22)20-5-3-19(4-6-20)11-8-10(15)9(14(16,17)18)7-12(11)21(23)24/h7-8H,2-6H2,1H3. The van der Waals surface area contributed by atoms with Crippen LogP contribution in [0.4, 0.5) is 29.3 Å². The van der Waals surface area contributed by atoms with E-state index in [-0.39, 0.29) is 38.5 Å². The summed E-state index contributed by atoms with van der Waals surface area (Å²) in [6.45, 7) is 2.77. The summed E-state index contributed by atoms with van der Waals surface area (Å²) >= 11 is 5.68. The van der Waals surface area contributed by atoms with Crippen molar-refractivity contribution >= 4 is 29.1 Å². The van der Waals surface area contributed by atoms with E-state index in [1.165, 1.54) is 9.80 Å². The molecule has 0 bridgehead atoms. The number of hydrogen-bond donors (Lipinski definition) is 0. The minimum absolute atomic E-state index is 0.00786. The van der Waals surface area contributed by atoms with Gasteiger partial charge in [0.15, 0.2) is 0 Å². The third kappa shape index (κ3) is 4.25. The average Bonchev–Trinajstić information content (AvgIpc) is 2.53. The number of amides is 1. The molecule has 0 atom stereocenters. The summed E-state index contributed by atoms with van der Waals surface area (Å²) in [5.41, 5.74) is -1.94. The van der Waals surface area contributed by atoms with Crippen LogP contribution in [0.3, 0.4) is 0 Å². The molecule has 1 saturated heterocycles. The van der Waals surface area contributed by atoms with Gasteiger partial charge in [-0.15, -0.1) is 0 Å². The summed E-state index contributed by atoms with van der Waals surface area (Å²) in [6.07, 6.45) is -5.29. The Morgan fingerprint density at radius 3 is 2.40 bits per heavy atom. The molecule has 0 N–H and O–H groups in total. The Morgan fingerprint density at radius 2 is 1.92 bits per heavy atom. The van der Waals surface area contributed by atoms with Crippen LogP contribution in [0.25, 0.3) is 0 Å². The summed E-state index contributed by atoms with van der Waals surface area (Å²) in [6, 6.07) is 1.39. The van der Waals surface area contributed by atoms with Crippen molar-refractivity contribution in [3.63, 3.8) is 0 Å². The lowest BCUT2D eigenvalue weighted by Gasteiger charge is -2.35. The second-order valence-corrected chi connectivity index (χ2v) is 5.66. The summed E-state index contributed by atoms with van der Waals surface area (Å²) < 4.78 is 43.6. The first-order chi connectivity index (χ1) is 11.6. The number of anilines is 1. The number of benzene rings is 1. The van der Waals surface area contributed by atoms with Gasteiger partial charge in [-0.25, -0.2) is 4.79 Å². The number of carbonyl (C=O) groups is 1. The molecule has 0 aliphatic carbocycles. The molecule has 1 aliphatic heterocycles. The number of nitro benzene ring substituents is 1. The van der Waals surface area contributed by atoms with E-state index in [1.807, 2.05) is 0 Å². The van der Waals surface area contributed by atoms with Gasteiger partial charge >= 0.3 is 12.3 Å². The van der Waals surface area contributed by atoms with Gasteiger partial charge < -0.3 is 14.5 Å². The summed E-state index contributed by atoms with van der Waals surface area (Å²) in [4.78, 5) is 24.9. The van der Waals surface area contributed by atoms with E-state index >= 15 is 0 Å². The molecule has 0 spiro atoms. The second kappa shape index (κ2) is 7.34. The molecule has 1 aromatic carbocycles. The molecule has 0 aromatic heterocycles. The Balaban J connectivity index is 2.27. The second-order valence-electron chi connectivity index (χ2n) is 5.25. The third-order valence-corrected chi connectivity index (χ3v) is 4.03. The number of nitrogens with zero attached hydrogens (tertiary/aromatic N) is 3. The van der Waals surface area contributed by atoms with Gasteiger partial charge in [-0.2, -0.15) is 13.2 Å². The van der Waals surface area contributed by atoms with E-state index < -0.39 is 33.5 Å². The monoisotopic (exact) mass is 381 g/mol. The van der Waals surface area contributed by atoms with Gasteiger partial charge in [0.05, 0.1) is 22.1 Å². The molecule has 1 aliphatic rings. The van der Waals surface area contributed by atoms with Gasteiger partial charge in [0.2, 0.25) is 0 Å². The zero-order chi connectivity index (χ0) is 18.8. The Kier molecular flexibility index (Phi) is 5.61. The summed E-state index contributed by atoms with van der Waals surface area (Å²) in [5.74, 6) is 0. The maximum Gasteiger partial charge on any atom is 0.418 e. The fourth-order valence-electron chi connectivity index (χ4n) is 2.51. The van der Waals surface area contributed by atoms with Crippen LogP contribution in [0.5, 0.6) is 0 Å². The van der Waals surface area contributed by atoms with E-state index in [0.29, 0.717) is 6.07 Å². The highest BCUT2D eigenvalue weighted by Gasteiger charge is 2.37. The molecule has 1 aromatic rings. The number of alkyl halides is 3. The fourth-order valence-corrected chi connectivity index (χ4v) is 2.78. The van der Waals surface area contributed by atoms with Gasteiger partial charge in [0, 0.05) is 32.2 Å². The Morgan fingerprint density at radius 1 is 1.32 bits per heavy atom. The molecule has 2 rings (SSSR count). The van der Waals surface area contributed by atoms with Crippen molar-refractivity contribution in [2.45, 2.75) is 13.1 Å². The van der Waals surface area contributed by atoms with Crippen LogP contribution in [-0.2, 0) is 10.9 Å². The highest BCUT2D eigenvalue weighted by atomic mass is 35.5. The van der Waals surface area contributed by atoms with E-state index in [2.05, 4.69) is 0 Å². The molecule has 138 valence electrons. The zero-order valence-corrected chi connectivity index (χ0v) is 13.9. The Labute approximate surface area is 146 Å². The van der Waals surface area contributed by atoms with Crippen LogP contribution in [-0.4, -0.2) is 48.7 Å². The molecular weight excluding hydrogens is 367 g/mol. The first-order valence-corrected chi connectivity index (χ1v) is 7.74. The van der Waals surface area contributed by atoms with E-state index in [0.717, 1.165) is 6.07 Å². The maximum atomic E-state index is 12.9. The zero-order valence-electron chi connectivity index (χ0n) is 13.2. The number of halogens is 4. The SMILES string of the molecule is CCOC(=O)N1CCN(c2cc(Cl)c(C(F)(F)F)cc2[N+](=O)[O-])CC1. The highest BCUT2D eigenvalue weighted by Crippen LogP contribution is 2.41. The Bertz CT molecular complexity index is 676. The van der Waals surface area contributed by atoms with E-state index in [1.54, 1.807) is 6.92 Å². The lowest BCUT2D eigenvalue weighted by atomic mass is 10.1. The molecule has 25 heavy (non-hydrogen) atoms. The van der Waals surface area contributed by atoms with Gasteiger partial charge in [-0.3, -0.25) is 10.1 Å². The number of rotatable bonds is 3. The molecule has 1 fully saturated rings. The van der Waals surface area contributed by atoms with Crippen molar-refractivity contribution in [2.24, 2.45) is 0 Å². The van der Waals surface area contributed by atoms with Crippen LogP contribution in [0.1, 0.15) is 12.5 Å². The Hall–Kier alpha value is -2.23. The summed E-state index contributed by atoms with van der Waals surface area (Å²) in [7, 11) is 0. The third-order valence-electron chi connectivity index (χ3n) is 3.71. The summed E-state index contributed by atoms with van der Waals surface area (Å²) in [5, 5.41) is 10.6. The van der Waals surface area contributed by atoms with Crippen molar-refractivity contribution in [3.05, 3.63) is 32.8 Å². The number of carbonyl (C=O) groups excluding carboxylic acids is 1. The number of ether oxygens (including phenoxy) is 1. The smallest absolute Gasteiger partial charge is 0.418 e. The van der Waals surface area contributed by atoms with Gasteiger partial charge in [0.25, 0.3) is 5.69 Å². The first-order valence-electron chi connectivity index (χ1n) is 7.37. The van der Waals surface area contributed by atoms with Crippen LogP contribution in [0.15, 0.2) is 12.1 Å². The highest BCUT2D eigenvalue weighted by molar-refractivity contribution is 6.31. The predicted octanol–water partition coefficient (Wildman–Crippen LogP) is 3.55. The van der Waals surface area contributed by atoms with Crippen LogP contribution in [0, 0.1) is 10.1 Å². The quantitative estimate of drug-likeness (QED) is 0.591. The average molecular weight is 382 g/mol. The molecule has 0 saturated carbocycles. The molecule has 11 heteroatoms. The molecule has 1 heterocycles. The van der Waals surface area contributed by atoms with E-state index in [4.69, 9.17) is 16.3 Å². The molecule has 0 unspecified atom stereocenters. The van der Waals surface area contributed by atoms with Crippen molar-refractivity contribution in [1.82, 2.24) is 4.90 Å². The fraction of sp³-hybridized carbons (Fsp3) is 0.500. The van der Waals surface area contributed by atoms with Gasteiger partial charge in [-0.05, 0) is 13.0 Å². The minimum Gasteiger partial charge on any atom is -0.450 e. The lowest BCUT2D eigenvalue weighted by molar-refractivity contribution is -0.384. The van der Waals surface area contributed by atoms with Crippen LogP contribution >= 0.6 is 11.6 Å². The predicted molar refractivity (Wildman–Crippen MR) is 83.9 cm³/mol. The molecule has 0 radical (unpaired) electrons. The number of piperazine rings is 1. The van der Waals surface area contributed by atoms with E-state index in [9.17, 15) is 28.1 Å². The number of nitro groups is 1. The molecule has 7 nitrogen and oxygen atoms in total. The number of hydrogen-bond acceptors (Lipinski definition) is 5. The van der Waals surface area contributed by atoms with Crippen molar-refractivity contribution in [2.75, 3.05) is 37.7 Å². The maximum absolute atomic E-state index is 12.9. The largest absolute Gasteiger partial charge is 0.450 e. The van der Waals surface area contributed by atoms with Crippen LogP contribution in [0.2, 0.25) is 5.02 Å². The molecular formula is C14H15ClF3N3O4. The topological polar surface area (TPSA) is 75.9 Å². The minimum atomic E-state index is -4.79. The molecule has 1 amide bonds. The van der Waals surface area contributed by atoms with Crippen molar-refractivity contribution in [3.8, 4) is 0 Å². The van der Waals surface area contributed by atoms with Gasteiger partial charge in [-0.1, -0.05) is 11.6 Å².